The quantitative estimate of drug-likeness (QED) is 0.629. The third-order valence-corrected chi connectivity index (χ3v) is 5.74. The topological polar surface area (TPSA) is 62.3 Å². The highest BCUT2D eigenvalue weighted by molar-refractivity contribution is 5.84. The van der Waals surface area contributed by atoms with Gasteiger partial charge in [-0.25, -0.2) is 0 Å². The van der Waals surface area contributed by atoms with E-state index in [1.807, 2.05) is 17.2 Å². The molecule has 2 heterocycles. The second-order valence-electron chi connectivity index (χ2n) is 7.68. The van der Waals surface area contributed by atoms with Crippen molar-refractivity contribution >= 4 is 11.8 Å². The van der Waals surface area contributed by atoms with Crippen LogP contribution in [0.1, 0.15) is 63.4 Å². The Hall–Kier alpha value is -1.91. The van der Waals surface area contributed by atoms with E-state index in [-0.39, 0.29) is 17.7 Å². The number of piperidine rings is 1. The Balaban J connectivity index is 1.44. The van der Waals surface area contributed by atoms with Crippen LogP contribution in [0, 0.1) is 5.92 Å². The summed E-state index contributed by atoms with van der Waals surface area (Å²) < 4.78 is 0. The molecule has 1 aliphatic carbocycles. The van der Waals surface area contributed by atoms with E-state index in [4.69, 9.17) is 0 Å². The van der Waals surface area contributed by atoms with Gasteiger partial charge in [-0.1, -0.05) is 31.7 Å². The first-order chi connectivity index (χ1) is 12.7. The van der Waals surface area contributed by atoms with E-state index in [0.29, 0.717) is 32.0 Å². The lowest BCUT2D eigenvalue weighted by Gasteiger charge is -2.37. The molecule has 1 N–H and O–H groups in total. The Labute approximate surface area is 156 Å². The molecule has 1 atom stereocenters. The Morgan fingerprint density at radius 1 is 1.19 bits per heavy atom. The normalized spacial score (nSPS) is 22.1. The van der Waals surface area contributed by atoms with E-state index < -0.39 is 0 Å². The minimum absolute atomic E-state index is 0.0469. The lowest BCUT2D eigenvalue weighted by atomic mass is 9.93. The summed E-state index contributed by atoms with van der Waals surface area (Å²) in [4.78, 5) is 31.1. The van der Waals surface area contributed by atoms with Crippen LogP contribution in [0.3, 0.4) is 0 Å². The van der Waals surface area contributed by atoms with Crippen molar-refractivity contribution in [1.82, 2.24) is 15.2 Å². The molecule has 1 aromatic rings. The molecule has 1 unspecified atom stereocenters. The summed E-state index contributed by atoms with van der Waals surface area (Å²) in [6.45, 7) is 1.29. The molecule has 26 heavy (non-hydrogen) atoms. The van der Waals surface area contributed by atoms with Gasteiger partial charge in [-0.2, -0.15) is 0 Å². The number of carbonyl (C=O) groups excluding carboxylic acids is 2. The van der Waals surface area contributed by atoms with Gasteiger partial charge in [0.1, 0.15) is 0 Å². The minimum atomic E-state index is -0.0469. The smallest absolute Gasteiger partial charge is 0.224 e. The summed E-state index contributed by atoms with van der Waals surface area (Å²) in [6, 6.07) is 4.35. The zero-order valence-electron chi connectivity index (χ0n) is 15.7. The lowest BCUT2D eigenvalue weighted by molar-refractivity contribution is -0.141. The fourth-order valence-corrected chi connectivity index (χ4v) is 4.20. The SMILES string of the molecule is O=C(NCCCc1cccnc1)C1CCC(=O)N(C2CCCCCC2)C1. The van der Waals surface area contributed by atoms with Crippen molar-refractivity contribution in [3.05, 3.63) is 30.1 Å². The van der Waals surface area contributed by atoms with Crippen LogP contribution in [-0.2, 0) is 16.0 Å². The predicted molar refractivity (Wildman–Crippen MR) is 101 cm³/mol. The first-order valence-electron chi connectivity index (χ1n) is 10.2. The first kappa shape index (κ1) is 18.9. The zero-order valence-corrected chi connectivity index (χ0v) is 15.7. The summed E-state index contributed by atoms with van der Waals surface area (Å²) in [5.74, 6) is 0.314. The number of rotatable bonds is 6. The van der Waals surface area contributed by atoms with E-state index in [1.54, 1.807) is 6.20 Å². The highest BCUT2D eigenvalue weighted by Gasteiger charge is 2.34. The van der Waals surface area contributed by atoms with Crippen LogP contribution in [-0.4, -0.2) is 40.8 Å². The van der Waals surface area contributed by atoms with Crippen LogP contribution in [0.4, 0.5) is 0 Å². The average Bonchev–Trinajstić information content (AvgIpc) is 2.95. The number of aromatic nitrogens is 1. The van der Waals surface area contributed by atoms with E-state index in [1.165, 1.54) is 31.2 Å². The van der Waals surface area contributed by atoms with Gasteiger partial charge in [0, 0.05) is 37.9 Å². The maximum atomic E-state index is 12.6. The Kier molecular flexibility index (Phi) is 7.04. The molecule has 2 fully saturated rings. The van der Waals surface area contributed by atoms with Crippen molar-refractivity contribution in [2.75, 3.05) is 13.1 Å². The number of likely N-dealkylation sites (tertiary alicyclic amines) is 1. The van der Waals surface area contributed by atoms with Gasteiger partial charge in [-0.05, 0) is 43.7 Å². The van der Waals surface area contributed by atoms with Crippen LogP contribution in [0.2, 0.25) is 0 Å². The average molecular weight is 357 g/mol. The fraction of sp³-hybridized carbons (Fsp3) is 0.667. The van der Waals surface area contributed by atoms with Crippen LogP contribution in [0.5, 0.6) is 0 Å². The van der Waals surface area contributed by atoms with Gasteiger partial charge in [0.05, 0.1) is 5.92 Å². The molecule has 1 saturated carbocycles. The van der Waals surface area contributed by atoms with Crippen molar-refractivity contribution in [3.63, 3.8) is 0 Å². The fourth-order valence-electron chi connectivity index (χ4n) is 4.20. The standard InChI is InChI=1S/C21H31N3O2/c25-20-12-11-18(16-24(20)19-9-3-1-2-4-10-19)21(26)23-14-6-8-17-7-5-13-22-15-17/h5,7,13,15,18-19H,1-4,6,8-12,14,16H2,(H,23,26). The molecular weight excluding hydrogens is 326 g/mol. The van der Waals surface area contributed by atoms with Crippen molar-refractivity contribution in [2.45, 2.75) is 70.3 Å². The van der Waals surface area contributed by atoms with E-state index in [2.05, 4.69) is 16.4 Å². The van der Waals surface area contributed by atoms with Gasteiger partial charge < -0.3 is 10.2 Å². The van der Waals surface area contributed by atoms with Gasteiger partial charge in [-0.15, -0.1) is 0 Å². The molecule has 1 saturated heterocycles. The highest BCUT2D eigenvalue weighted by atomic mass is 16.2. The number of amides is 2. The number of pyridine rings is 1. The molecule has 2 amide bonds. The second kappa shape index (κ2) is 9.70. The number of nitrogens with one attached hydrogen (secondary N) is 1. The van der Waals surface area contributed by atoms with Crippen LogP contribution < -0.4 is 5.32 Å². The number of nitrogens with zero attached hydrogens (tertiary/aromatic N) is 2. The molecule has 2 aliphatic rings. The Bertz CT molecular complexity index is 582. The molecular formula is C21H31N3O2. The first-order valence-corrected chi connectivity index (χ1v) is 10.2. The van der Waals surface area contributed by atoms with Gasteiger partial charge in [0.15, 0.2) is 0 Å². The van der Waals surface area contributed by atoms with Crippen LogP contribution >= 0.6 is 0 Å². The number of carbonyl (C=O) groups is 2. The van der Waals surface area contributed by atoms with Gasteiger partial charge >= 0.3 is 0 Å². The van der Waals surface area contributed by atoms with E-state index in [0.717, 1.165) is 25.7 Å². The molecule has 0 bridgehead atoms. The summed E-state index contributed by atoms with van der Waals surface area (Å²) in [7, 11) is 0. The molecule has 1 aliphatic heterocycles. The van der Waals surface area contributed by atoms with E-state index >= 15 is 0 Å². The molecule has 5 nitrogen and oxygen atoms in total. The number of hydrogen-bond donors (Lipinski definition) is 1. The monoisotopic (exact) mass is 357 g/mol. The van der Waals surface area contributed by atoms with Crippen LogP contribution in [0.15, 0.2) is 24.5 Å². The Morgan fingerprint density at radius 2 is 2.00 bits per heavy atom. The third kappa shape index (κ3) is 5.29. The second-order valence-corrected chi connectivity index (χ2v) is 7.68. The maximum Gasteiger partial charge on any atom is 0.224 e. The number of aryl methyl sites for hydroxylation is 1. The summed E-state index contributed by atoms with van der Waals surface area (Å²) in [6.07, 6.45) is 13.9. The molecule has 0 spiro atoms. The molecule has 1 aromatic heterocycles. The van der Waals surface area contributed by atoms with Crippen molar-refractivity contribution < 1.29 is 9.59 Å². The molecule has 3 rings (SSSR count). The molecule has 5 heteroatoms. The van der Waals surface area contributed by atoms with Gasteiger partial charge in [0.25, 0.3) is 0 Å². The third-order valence-electron chi connectivity index (χ3n) is 5.74. The number of hydrogen-bond acceptors (Lipinski definition) is 3. The summed E-state index contributed by atoms with van der Waals surface area (Å²) >= 11 is 0. The van der Waals surface area contributed by atoms with Gasteiger partial charge in [0.2, 0.25) is 11.8 Å². The van der Waals surface area contributed by atoms with Crippen molar-refractivity contribution in [2.24, 2.45) is 5.92 Å². The largest absolute Gasteiger partial charge is 0.356 e. The zero-order chi connectivity index (χ0) is 18.2. The van der Waals surface area contributed by atoms with Crippen molar-refractivity contribution in [1.29, 1.82) is 0 Å². The van der Waals surface area contributed by atoms with E-state index in [9.17, 15) is 9.59 Å². The molecule has 0 aromatic carbocycles. The molecule has 142 valence electrons. The maximum absolute atomic E-state index is 12.6. The summed E-state index contributed by atoms with van der Waals surface area (Å²) in [5, 5.41) is 3.08. The Morgan fingerprint density at radius 3 is 2.73 bits per heavy atom. The lowest BCUT2D eigenvalue weighted by Crippen LogP contribution is -2.50. The van der Waals surface area contributed by atoms with Crippen molar-refractivity contribution in [3.8, 4) is 0 Å². The highest BCUT2D eigenvalue weighted by Crippen LogP contribution is 2.27. The van der Waals surface area contributed by atoms with Gasteiger partial charge in [-0.3, -0.25) is 14.6 Å². The predicted octanol–water partition coefficient (Wildman–Crippen LogP) is 3.09. The summed E-state index contributed by atoms with van der Waals surface area (Å²) in [5.41, 5.74) is 1.20. The van der Waals surface area contributed by atoms with Crippen LogP contribution in [0.25, 0.3) is 0 Å². The minimum Gasteiger partial charge on any atom is -0.356 e. The molecule has 0 radical (unpaired) electrons.